The van der Waals surface area contributed by atoms with Crippen molar-refractivity contribution in [2.24, 2.45) is 0 Å². The van der Waals surface area contributed by atoms with Crippen molar-refractivity contribution in [3.63, 3.8) is 0 Å². The number of aromatic nitrogens is 4. The van der Waals surface area contributed by atoms with Gasteiger partial charge in [0, 0.05) is 11.6 Å². The van der Waals surface area contributed by atoms with Crippen LogP contribution in [0.3, 0.4) is 0 Å². The molecule has 144 valence electrons. The molecule has 0 saturated carbocycles. The van der Waals surface area contributed by atoms with E-state index in [1.165, 1.54) is 16.8 Å². The zero-order valence-electron chi connectivity index (χ0n) is 14.6. The second-order valence-corrected chi connectivity index (χ2v) is 6.21. The summed E-state index contributed by atoms with van der Waals surface area (Å²) >= 11 is 5.83. The van der Waals surface area contributed by atoms with Crippen LogP contribution in [0.5, 0.6) is 5.75 Å². The van der Waals surface area contributed by atoms with Gasteiger partial charge in [0.1, 0.15) is 18.9 Å². The zero-order chi connectivity index (χ0) is 19.9. The monoisotopic (exact) mass is 401 g/mol. The standard InChI is InChI=1S/C18H16ClN5O4/c19-14-5-7-15(8-6-14)28-11-16-21-22-23-24(16)10-17(25)20-9-12-1-3-13(4-2-12)18(26)27/h1-8H,9-11H2,(H,20,25)(H,26,27). The molecule has 1 aromatic heterocycles. The smallest absolute Gasteiger partial charge is 0.335 e. The van der Waals surface area contributed by atoms with Gasteiger partial charge < -0.3 is 15.2 Å². The summed E-state index contributed by atoms with van der Waals surface area (Å²) in [5, 5.41) is 23.5. The first-order valence-electron chi connectivity index (χ1n) is 8.23. The van der Waals surface area contributed by atoms with Crippen molar-refractivity contribution >= 4 is 23.5 Å². The molecule has 0 aliphatic carbocycles. The van der Waals surface area contributed by atoms with Crippen molar-refractivity contribution in [3.8, 4) is 5.75 Å². The number of aromatic carboxylic acids is 1. The maximum Gasteiger partial charge on any atom is 0.335 e. The molecule has 1 amide bonds. The highest BCUT2D eigenvalue weighted by Crippen LogP contribution is 2.16. The number of amides is 1. The normalized spacial score (nSPS) is 10.5. The van der Waals surface area contributed by atoms with Crippen LogP contribution in [-0.4, -0.2) is 37.2 Å². The van der Waals surface area contributed by atoms with E-state index in [4.69, 9.17) is 21.4 Å². The quantitative estimate of drug-likeness (QED) is 0.591. The first-order chi connectivity index (χ1) is 13.5. The van der Waals surface area contributed by atoms with E-state index in [0.29, 0.717) is 16.6 Å². The number of rotatable bonds is 8. The number of carboxylic acid groups (broad SMARTS) is 1. The van der Waals surface area contributed by atoms with Crippen LogP contribution in [0.15, 0.2) is 48.5 Å². The largest absolute Gasteiger partial charge is 0.486 e. The molecule has 0 spiro atoms. The van der Waals surface area contributed by atoms with Crippen LogP contribution >= 0.6 is 11.6 Å². The van der Waals surface area contributed by atoms with Gasteiger partial charge in [-0.1, -0.05) is 23.7 Å². The molecule has 9 nitrogen and oxygen atoms in total. The SMILES string of the molecule is O=C(Cn1nnnc1COc1ccc(Cl)cc1)NCc1ccc(C(=O)O)cc1. The van der Waals surface area contributed by atoms with Crippen LogP contribution in [0.2, 0.25) is 5.02 Å². The van der Waals surface area contributed by atoms with Crippen molar-refractivity contribution in [2.75, 3.05) is 0 Å². The summed E-state index contributed by atoms with van der Waals surface area (Å²) in [5.41, 5.74) is 0.968. The van der Waals surface area contributed by atoms with E-state index < -0.39 is 5.97 Å². The number of carboxylic acids is 1. The molecule has 0 saturated heterocycles. The number of nitrogens with one attached hydrogen (secondary N) is 1. The second kappa shape index (κ2) is 8.96. The van der Waals surface area contributed by atoms with E-state index in [-0.39, 0.29) is 31.2 Å². The Kier molecular flexibility index (Phi) is 6.18. The fraction of sp³-hybridized carbons (Fsp3) is 0.167. The van der Waals surface area contributed by atoms with E-state index in [1.54, 1.807) is 36.4 Å². The first-order valence-corrected chi connectivity index (χ1v) is 8.61. The predicted molar refractivity (Wildman–Crippen MR) is 98.8 cm³/mol. The molecule has 0 unspecified atom stereocenters. The Morgan fingerprint density at radius 2 is 1.82 bits per heavy atom. The topological polar surface area (TPSA) is 119 Å². The summed E-state index contributed by atoms with van der Waals surface area (Å²) < 4.78 is 6.93. The summed E-state index contributed by atoms with van der Waals surface area (Å²) in [6.45, 7) is 0.287. The molecule has 2 aromatic carbocycles. The Hall–Kier alpha value is -3.46. The van der Waals surface area contributed by atoms with E-state index in [2.05, 4.69) is 20.8 Å². The van der Waals surface area contributed by atoms with Gasteiger partial charge in [0.15, 0.2) is 5.82 Å². The van der Waals surface area contributed by atoms with Gasteiger partial charge in [0.05, 0.1) is 5.56 Å². The van der Waals surface area contributed by atoms with E-state index in [1.807, 2.05) is 0 Å². The molecule has 0 aliphatic heterocycles. The molecule has 0 aliphatic rings. The maximum absolute atomic E-state index is 12.1. The molecule has 0 bridgehead atoms. The van der Waals surface area contributed by atoms with Crippen LogP contribution in [0, 0.1) is 0 Å². The summed E-state index contributed by atoms with van der Waals surface area (Å²) in [6.07, 6.45) is 0. The van der Waals surface area contributed by atoms with Gasteiger partial charge in [-0.2, -0.15) is 0 Å². The lowest BCUT2D eigenvalue weighted by Gasteiger charge is -2.08. The Balaban J connectivity index is 1.51. The van der Waals surface area contributed by atoms with Gasteiger partial charge in [-0.3, -0.25) is 4.79 Å². The number of halogens is 1. The van der Waals surface area contributed by atoms with Gasteiger partial charge in [-0.15, -0.1) is 5.10 Å². The van der Waals surface area contributed by atoms with Crippen molar-refractivity contribution < 1.29 is 19.4 Å². The minimum Gasteiger partial charge on any atom is -0.486 e. The zero-order valence-corrected chi connectivity index (χ0v) is 15.3. The lowest BCUT2D eigenvalue weighted by molar-refractivity contribution is -0.122. The van der Waals surface area contributed by atoms with E-state index >= 15 is 0 Å². The summed E-state index contributed by atoms with van der Waals surface area (Å²) in [4.78, 5) is 23.0. The molecular formula is C18H16ClN5O4. The molecule has 28 heavy (non-hydrogen) atoms. The van der Waals surface area contributed by atoms with Gasteiger partial charge in [-0.25, -0.2) is 9.48 Å². The molecular weight excluding hydrogens is 386 g/mol. The first kappa shape index (κ1) is 19.3. The number of carbonyl (C=O) groups excluding carboxylic acids is 1. The lowest BCUT2D eigenvalue weighted by atomic mass is 10.1. The third-order valence-electron chi connectivity index (χ3n) is 3.77. The number of carbonyl (C=O) groups is 2. The Morgan fingerprint density at radius 3 is 2.50 bits per heavy atom. The summed E-state index contributed by atoms with van der Waals surface area (Å²) in [6, 6.07) is 13.1. The number of hydrogen-bond donors (Lipinski definition) is 2. The van der Waals surface area contributed by atoms with Crippen LogP contribution in [0.4, 0.5) is 0 Å². The molecule has 10 heteroatoms. The fourth-order valence-electron chi connectivity index (χ4n) is 2.29. The number of hydrogen-bond acceptors (Lipinski definition) is 6. The van der Waals surface area contributed by atoms with E-state index in [0.717, 1.165) is 5.56 Å². The van der Waals surface area contributed by atoms with Crippen molar-refractivity contribution in [2.45, 2.75) is 19.7 Å². The number of tetrazole rings is 1. The van der Waals surface area contributed by atoms with Crippen LogP contribution in [0.1, 0.15) is 21.7 Å². The molecule has 3 aromatic rings. The van der Waals surface area contributed by atoms with Crippen molar-refractivity contribution in [3.05, 3.63) is 70.5 Å². The fourth-order valence-corrected chi connectivity index (χ4v) is 2.41. The average molecular weight is 402 g/mol. The molecule has 0 atom stereocenters. The minimum atomic E-state index is -0.998. The Bertz CT molecular complexity index is 957. The van der Waals surface area contributed by atoms with Gasteiger partial charge in [0.2, 0.25) is 5.91 Å². The number of benzene rings is 2. The summed E-state index contributed by atoms with van der Waals surface area (Å²) in [5.74, 6) is -0.283. The number of nitrogens with zero attached hydrogens (tertiary/aromatic N) is 4. The highest BCUT2D eigenvalue weighted by atomic mass is 35.5. The average Bonchev–Trinajstić information content (AvgIpc) is 3.13. The third-order valence-corrected chi connectivity index (χ3v) is 4.02. The van der Waals surface area contributed by atoms with Crippen LogP contribution in [-0.2, 0) is 24.5 Å². The van der Waals surface area contributed by atoms with Crippen LogP contribution < -0.4 is 10.1 Å². The highest BCUT2D eigenvalue weighted by Gasteiger charge is 2.11. The van der Waals surface area contributed by atoms with Gasteiger partial charge >= 0.3 is 5.97 Å². The van der Waals surface area contributed by atoms with Gasteiger partial charge in [0.25, 0.3) is 0 Å². The maximum atomic E-state index is 12.1. The Labute approximate surface area is 164 Å². The Morgan fingerprint density at radius 1 is 1.11 bits per heavy atom. The van der Waals surface area contributed by atoms with Crippen LogP contribution in [0.25, 0.3) is 0 Å². The van der Waals surface area contributed by atoms with Crippen molar-refractivity contribution in [1.82, 2.24) is 25.5 Å². The molecule has 0 fully saturated rings. The second-order valence-electron chi connectivity index (χ2n) is 5.77. The molecule has 2 N–H and O–H groups in total. The molecule has 3 rings (SSSR count). The molecule has 0 radical (unpaired) electrons. The van der Waals surface area contributed by atoms with Gasteiger partial charge in [-0.05, 0) is 52.4 Å². The minimum absolute atomic E-state index is 0.0699. The highest BCUT2D eigenvalue weighted by molar-refractivity contribution is 6.30. The third kappa shape index (κ3) is 5.27. The van der Waals surface area contributed by atoms with Crippen molar-refractivity contribution in [1.29, 1.82) is 0 Å². The molecule has 1 heterocycles. The lowest BCUT2D eigenvalue weighted by Crippen LogP contribution is -2.28. The van der Waals surface area contributed by atoms with E-state index in [9.17, 15) is 9.59 Å². The number of ether oxygens (including phenoxy) is 1. The summed E-state index contributed by atoms with van der Waals surface area (Å²) in [7, 11) is 0. The predicted octanol–water partition coefficient (Wildman–Crippen LogP) is 1.92.